The summed E-state index contributed by atoms with van der Waals surface area (Å²) in [4.78, 5) is 54.8. The van der Waals surface area contributed by atoms with Gasteiger partial charge in [-0.1, -0.05) is 56.2 Å². The Labute approximate surface area is 216 Å². The van der Waals surface area contributed by atoms with Crippen molar-refractivity contribution in [3.05, 3.63) is 65.6 Å². The Morgan fingerprint density at radius 2 is 1.89 bits per heavy atom. The SMILES string of the molecule is CC1=C\[C@@H](O)CC(=O)Cc2nc(co2)C(=O)N2CCC=C2C(=O)OCC/C=C/C(=O)NC\C=C\1.CCC. The lowest BCUT2D eigenvalue weighted by Gasteiger charge is -2.17. The van der Waals surface area contributed by atoms with Gasteiger partial charge in [0.25, 0.3) is 5.91 Å². The van der Waals surface area contributed by atoms with E-state index in [0.29, 0.717) is 12.8 Å². The first-order valence-electron chi connectivity index (χ1n) is 12.4. The highest BCUT2D eigenvalue weighted by Gasteiger charge is 2.30. The first-order valence-corrected chi connectivity index (χ1v) is 12.4. The monoisotopic (exact) mass is 513 g/mol. The van der Waals surface area contributed by atoms with Gasteiger partial charge in [-0.05, 0) is 19.4 Å². The fourth-order valence-corrected chi connectivity index (χ4v) is 3.43. The molecule has 1 atom stereocenters. The van der Waals surface area contributed by atoms with Gasteiger partial charge < -0.3 is 24.5 Å². The zero-order valence-electron chi connectivity index (χ0n) is 21.6. The highest BCUT2D eigenvalue weighted by Crippen LogP contribution is 2.20. The molecule has 2 amide bonds. The molecule has 10 heteroatoms. The maximum Gasteiger partial charge on any atom is 0.354 e. The lowest BCUT2D eigenvalue weighted by molar-refractivity contribution is -0.140. The van der Waals surface area contributed by atoms with Crippen LogP contribution < -0.4 is 5.32 Å². The number of nitrogens with zero attached hydrogens (tertiary/aromatic N) is 2. The fourth-order valence-electron chi connectivity index (χ4n) is 3.43. The summed E-state index contributed by atoms with van der Waals surface area (Å²) in [6.07, 6.45) is 11.4. The predicted octanol–water partition coefficient (Wildman–Crippen LogP) is 2.81. The van der Waals surface area contributed by atoms with Crippen molar-refractivity contribution in [1.29, 1.82) is 0 Å². The van der Waals surface area contributed by atoms with E-state index in [1.54, 1.807) is 31.2 Å². The van der Waals surface area contributed by atoms with E-state index < -0.39 is 18.0 Å². The number of hydrogen-bond acceptors (Lipinski definition) is 8. The number of ether oxygens (including phenoxy) is 1. The zero-order valence-corrected chi connectivity index (χ0v) is 21.6. The second-order valence-corrected chi connectivity index (χ2v) is 8.54. The minimum atomic E-state index is -1.00. The number of oxazole rings is 1. The summed E-state index contributed by atoms with van der Waals surface area (Å²) >= 11 is 0. The number of aromatic nitrogens is 1. The molecule has 0 saturated carbocycles. The molecule has 1 aromatic heterocycles. The maximum absolute atomic E-state index is 12.8. The third kappa shape index (κ3) is 10.0. The van der Waals surface area contributed by atoms with Gasteiger partial charge in [0.2, 0.25) is 11.8 Å². The minimum Gasteiger partial charge on any atom is -0.461 e. The Kier molecular flexibility index (Phi) is 12.2. The molecule has 2 bridgehead atoms. The third-order valence-corrected chi connectivity index (χ3v) is 5.01. The molecule has 0 aliphatic carbocycles. The van der Waals surface area contributed by atoms with Crippen LogP contribution in [-0.4, -0.2) is 64.4 Å². The van der Waals surface area contributed by atoms with Gasteiger partial charge in [-0.25, -0.2) is 9.78 Å². The van der Waals surface area contributed by atoms with Crippen LogP contribution in [0.1, 0.15) is 62.8 Å². The number of cyclic esters (lactones) is 1. The van der Waals surface area contributed by atoms with Crippen LogP contribution >= 0.6 is 0 Å². The summed E-state index contributed by atoms with van der Waals surface area (Å²) in [6, 6.07) is 0. The quantitative estimate of drug-likeness (QED) is 0.505. The average molecular weight is 514 g/mol. The van der Waals surface area contributed by atoms with Gasteiger partial charge in [0, 0.05) is 25.9 Å². The van der Waals surface area contributed by atoms with Crippen molar-refractivity contribution in [2.24, 2.45) is 0 Å². The summed E-state index contributed by atoms with van der Waals surface area (Å²) in [7, 11) is 0. The van der Waals surface area contributed by atoms with E-state index in [1.807, 2.05) is 0 Å². The van der Waals surface area contributed by atoms with Crippen LogP contribution in [0, 0.1) is 0 Å². The number of aliphatic hydroxyl groups is 1. The van der Waals surface area contributed by atoms with Gasteiger partial charge in [0.15, 0.2) is 5.69 Å². The molecule has 2 N–H and O–H groups in total. The molecule has 3 heterocycles. The Hall–Kier alpha value is -3.79. The van der Waals surface area contributed by atoms with Gasteiger partial charge in [-0.3, -0.25) is 14.4 Å². The molecule has 0 fully saturated rings. The van der Waals surface area contributed by atoms with E-state index in [-0.39, 0.29) is 61.5 Å². The number of Topliss-reactive ketones (excluding diaryl/α,β-unsaturated/α-hetero) is 1. The summed E-state index contributed by atoms with van der Waals surface area (Å²) in [5.74, 6) is -1.76. The Morgan fingerprint density at radius 3 is 2.65 bits per heavy atom. The summed E-state index contributed by atoms with van der Waals surface area (Å²) < 4.78 is 10.5. The van der Waals surface area contributed by atoms with E-state index in [0.717, 1.165) is 11.8 Å². The van der Waals surface area contributed by atoms with Gasteiger partial charge >= 0.3 is 5.97 Å². The molecule has 3 rings (SSSR count). The number of amides is 2. The number of nitrogens with one attached hydrogen (secondary N) is 1. The largest absolute Gasteiger partial charge is 0.461 e. The number of hydrogen-bond donors (Lipinski definition) is 2. The number of allylic oxidation sites excluding steroid dienone is 2. The van der Waals surface area contributed by atoms with Crippen LogP contribution in [0.3, 0.4) is 0 Å². The molecule has 0 unspecified atom stereocenters. The standard InChI is InChI=1S/C24H27N3O7.C3H8/c1-16-6-4-9-25-21(30)8-2-3-11-33-24(32)20-7-5-10-27(20)23(31)19-15-34-22(26-19)14-18(29)13-17(28)12-16;1-3-2/h2,4,6-8,12,15,17,28H,3,5,9-11,13-14H2,1H3,(H,25,30);3H2,1-2H3/b6-4+,8-2+,16-12+;/t17-;/m1./s1. The van der Waals surface area contributed by atoms with Crippen LogP contribution in [0.25, 0.3) is 0 Å². The summed E-state index contributed by atoms with van der Waals surface area (Å²) in [5.41, 5.74) is 0.809. The molecular formula is C27H35N3O7. The highest BCUT2D eigenvalue weighted by molar-refractivity contribution is 6.00. The first kappa shape index (κ1) is 29.4. The van der Waals surface area contributed by atoms with Crippen molar-refractivity contribution >= 4 is 23.6 Å². The van der Waals surface area contributed by atoms with Crippen molar-refractivity contribution < 1.29 is 33.4 Å². The van der Waals surface area contributed by atoms with Crippen molar-refractivity contribution in [2.45, 2.75) is 59.0 Å². The molecule has 2 aliphatic rings. The molecule has 10 nitrogen and oxygen atoms in total. The number of aliphatic hydroxyl groups excluding tert-OH is 1. The van der Waals surface area contributed by atoms with Gasteiger partial charge in [0.05, 0.1) is 19.1 Å². The van der Waals surface area contributed by atoms with E-state index in [4.69, 9.17) is 9.15 Å². The van der Waals surface area contributed by atoms with E-state index in [2.05, 4.69) is 24.1 Å². The molecule has 0 spiro atoms. The molecule has 1 aromatic rings. The van der Waals surface area contributed by atoms with E-state index in [1.165, 1.54) is 23.5 Å². The predicted molar refractivity (Wildman–Crippen MR) is 136 cm³/mol. The fraction of sp³-hybridized carbons (Fsp3) is 0.444. The second-order valence-electron chi connectivity index (χ2n) is 8.54. The normalized spacial score (nSPS) is 23.4. The molecule has 37 heavy (non-hydrogen) atoms. The number of fused-ring (bicyclic) bond motifs is 3. The van der Waals surface area contributed by atoms with Crippen molar-refractivity contribution in [3.8, 4) is 0 Å². The number of rotatable bonds is 0. The minimum absolute atomic E-state index is 0.0304. The third-order valence-electron chi connectivity index (χ3n) is 5.01. The van der Waals surface area contributed by atoms with Crippen LogP contribution in [0.2, 0.25) is 0 Å². The number of ketones is 1. The summed E-state index contributed by atoms with van der Waals surface area (Å²) in [5, 5.41) is 12.8. The maximum atomic E-state index is 12.8. The molecule has 200 valence electrons. The van der Waals surface area contributed by atoms with E-state index >= 15 is 0 Å². The van der Waals surface area contributed by atoms with Crippen LogP contribution in [0.5, 0.6) is 0 Å². The molecule has 2 aliphatic heterocycles. The lowest BCUT2D eigenvalue weighted by Crippen LogP contribution is -2.32. The Bertz CT molecular complexity index is 1080. The van der Waals surface area contributed by atoms with Gasteiger partial charge in [-0.15, -0.1) is 0 Å². The van der Waals surface area contributed by atoms with Crippen molar-refractivity contribution in [2.75, 3.05) is 19.7 Å². The smallest absolute Gasteiger partial charge is 0.354 e. The molecule has 0 saturated heterocycles. The lowest BCUT2D eigenvalue weighted by atomic mass is 10.1. The number of esters is 1. The van der Waals surface area contributed by atoms with Crippen molar-refractivity contribution in [3.63, 3.8) is 0 Å². The summed E-state index contributed by atoms with van der Waals surface area (Å²) in [6.45, 7) is 6.63. The van der Waals surface area contributed by atoms with Crippen LogP contribution in [-0.2, 0) is 25.5 Å². The Morgan fingerprint density at radius 1 is 1.14 bits per heavy atom. The average Bonchev–Trinajstić information content (AvgIpc) is 3.51. The highest BCUT2D eigenvalue weighted by atomic mass is 16.5. The second kappa shape index (κ2) is 15.4. The van der Waals surface area contributed by atoms with Gasteiger partial charge in [0.1, 0.15) is 17.7 Å². The molecular weight excluding hydrogens is 478 g/mol. The zero-order chi connectivity index (χ0) is 27.2. The molecule has 0 aromatic carbocycles. The first-order chi connectivity index (χ1) is 17.7. The van der Waals surface area contributed by atoms with Gasteiger partial charge in [-0.2, -0.15) is 0 Å². The number of carbonyl (C=O) groups is 4. The van der Waals surface area contributed by atoms with E-state index in [9.17, 15) is 24.3 Å². The topological polar surface area (TPSA) is 139 Å². The van der Waals surface area contributed by atoms with Crippen LogP contribution in [0.4, 0.5) is 0 Å². The molecule has 0 radical (unpaired) electrons. The Balaban J connectivity index is 0.00000153. The van der Waals surface area contributed by atoms with Crippen LogP contribution in [0.15, 0.2) is 58.4 Å². The number of carbonyl (C=O) groups excluding carboxylic acids is 4. The van der Waals surface area contributed by atoms with Crippen molar-refractivity contribution in [1.82, 2.24) is 15.2 Å².